The van der Waals surface area contributed by atoms with Crippen molar-refractivity contribution in [1.82, 2.24) is 4.98 Å². The fourth-order valence-electron chi connectivity index (χ4n) is 0.272. The summed E-state index contributed by atoms with van der Waals surface area (Å²) in [5.74, 6) is 0. The first-order valence-corrected chi connectivity index (χ1v) is 2.08. The minimum Gasteiger partial charge on any atom is -0.431 e. The predicted molar refractivity (Wildman–Crippen MR) is 26.8 cm³/mol. The molecule has 1 heterocycles. The third-order valence-corrected chi connectivity index (χ3v) is 0.688. The Hall–Kier alpha value is -0.770. The quantitative estimate of drug-likeness (QED) is 0.544. The van der Waals surface area contributed by atoms with E-state index < -0.39 is 0 Å². The van der Waals surface area contributed by atoms with Crippen LogP contribution in [0.15, 0.2) is 15.7 Å². The van der Waals surface area contributed by atoms with Crippen molar-refractivity contribution in [2.75, 3.05) is 5.73 Å². The average molecular weight is 115 g/mol. The summed E-state index contributed by atoms with van der Waals surface area (Å²) in [6.07, 6.45) is 1.32. The van der Waals surface area contributed by atoms with Gasteiger partial charge in [0.2, 0.25) is 0 Å². The molecule has 0 aliphatic heterocycles. The van der Waals surface area contributed by atoms with Gasteiger partial charge in [0.1, 0.15) is 6.26 Å². The Balaban J connectivity index is 3.04. The zero-order chi connectivity index (χ0) is 5.28. The molecule has 7 heavy (non-hydrogen) atoms. The summed E-state index contributed by atoms with van der Waals surface area (Å²) < 4.78 is 4.53. The third-order valence-electron chi connectivity index (χ3n) is 0.501. The van der Waals surface area contributed by atoms with Gasteiger partial charge in [0, 0.05) is 0 Å². The number of nitrogen functional groups attached to an aromatic ring is 1. The van der Waals surface area contributed by atoms with Crippen molar-refractivity contribution in [1.29, 1.82) is 0 Å². The van der Waals surface area contributed by atoms with Crippen molar-refractivity contribution in [3.8, 4) is 0 Å². The Kier molecular flexibility index (Phi) is 0.867. The lowest BCUT2D eigenvalue weighted by atomic mass is 11.0. The van der Waals surface area contributed by atoms with E-state index in [1.54, 1.807) is 0 Å². The molecule has 4 heteroatoms. The van der Waals surface area contributed by atoms with Crippen molar-refractivity contribution in [3.05, 3.63) is 6.26 Å². The normalized spacial score (nSPS) is 9.14. The molecule has 1 rings (SSSR count). The first-order chi connectivity index (χ1) is 3.29. The Morgan fingerprint density at radius 3 is 2.71 bits per heavy atom. The van der Waals surface area contributed by atoms with Gasteiger partial charge in [-0.3, -0.25) is 0 Å². The zero-order valence-electron chi connectivity index (χ0n) is 3.42. The van der Waals surface area contributed by atoms with Crippen molar-refractivity contribution >= 4 is 18.6 Å². The summed E-state index contributed by atoms with van der Waals surface area (Å²) in [6, 6.07) is 0.130. The van der Waals surface area contributed by atoms with Gasteiger partial charge in [0.15, 0.2) is 5.03 Å². The first-order valence-electron chi connectivity index (χ1n) is 1.67. The van der Waals surface area contributed by atoms with E-state index in [0.717, 1.165) is 0 Å². The molecule has 37 valence electrons. The Bertz CT molecular complexity index is 145. The fourth-order valence-corrected chi connectivity index (χ4v) is 0.410. The second-order valence-corrected chi connectivity index (χ2v) is 1.44. The largest absolute Gasteiger partial charge is 0.431 e. The van der Waals surface area contributed by atoms with Crippen LogP contribution in [0, 0.1) is 0 Å². The van der Waals surface area contributed by atoms with Crippen LogP contribution in [0.1, 0.15) is 0 Å². The molecule has 1 aromatic heterocycles. The minimum atomic E-state index is 0.130. The molecule has 0 atom stereocenters. The molecule has 1 aromatic rings. The fraction of sp³-hybridized carbons (Fsp3) is 0. The van der Waals surface area contributed by atoms with E-state index in [9.17, 15) is 0 Å². The van der Waals surface area contributed by atoms with Gasteiger partial charge in [-0.2, -0.15) is 4.98 Å². The van der Waals surface area contributed by atoms with E-state index in [1.807, 2.05) is 0 Å². The van der Waals surface area contributed by atoms with E-state index >= 15 is 0 Å². The molecule has 0 fully saturated rings. The first kappa shape index (κ1) is 4.39. The lowest BCUT2D eigenvalue weighted by Crippen LogP contribution is -1.80. The molecule has 0 aliphatic carbocycles. The van der Waals surface area contributed by atoms with Crippen molar-refractivity contribution < 1.29 is 4.42 Å². The Morgan fingerprint density at radius 2 is 2.57 bits per heavy atom. The van der Waals surface area contributed by atoms with E-state index in [1.165, 1.54) is 6.26 Å². The molecule has 0 spiro atoms. The average Bonchev–Trinajstić information content (AvgIpc) is 1.87. The van der Waals surface area contributed by atoms with Crippen LogP contribution in [-0.4, -0.2) is 4.98 Å². The maximum absolute atomic E-state index is 5.03. The second-order valence-electron chi connectivity index (χ2n) is 1.02. The monoisotopic (exact) mass is 115 g/mol. The molecule has 0 saturated carbocycles. The SMILES string of the molecule is Nc1nc([S])co1. The highest BCUT2D eigenvalue weighted by Crippen LogP contribution is 2.04. The van der Waals surface area contributed by atoms with Crippen LogP contribution >= 0.6 is 12.6 Å². The van der Waals surface area contributed by atoms with E-state index in [0.29, 0.717) is 5.03 Å². The molecule has 0 bridgehead atoms. The van der Waals surface area contributed by atoms with Crippen LogP contribution in [0.3, 0.4) is 0 Å². The predicted octanol–water partition coefficient (Wildman–Crippen LogP) is 0.813. The lowest BCUT2D eigenvalue weighted by molar-refractivity contribution is 0.577. The third kappa shape index (κ3) is 0.806. The zero-order valence-corrected chi connectivity index (χ0v) is 4.23. The number of anilines is 1. The highest BCUT2D eigenvalue weighted by molar-refractivity contribution is 7.80. The van der Waals surface area contributed by atoms with Gasteiger partial charge < -0.3 is 10.2 Å². The van der Waals surface area contributed by atoms with E-state index in [2.05, 4.69) is 22.0 Å². The molecule has 0 aromatic carbocycles. The lowest BCUT2D eigenvalue weighted by Gasteiger charge is -1.69. The minimum absolute atomic E-state index is 0.130. The maximum Gasteiger partial charge on any atom is 0.293 e. The summed E-state index contributed by atoms with van der Waals surface area (Å²) in [6.45, 7) is 0. The van der Waals surface area contributed by atoms with Crippen LogP contribution in [0.4, 0.5) is 6.01 Å². The number of oxazole rings is 1. The number of rotatable bonds is 0. The van der Waals surface area contributed by atoms with Crippen LogP contribution in [-0.2, 0) is 0 Å². The molecule has 0 aliphatic rings. The number of hydrogen-bond donors (Lipinski definition) is 1. The summed E-state index contributed by atoms with van der Waals surface area (Å²) in [4.78, 5) is 3.54. The molecule has 0 unspecified atom stereocenters. The van der Waals surface area contributed by atoms with Crippen LogP contribution in [0.5, 0.6) is 0 Å². The highest BCUT2D eigenvalue weighted by Gasteiger charge is 1.90. The van der Waals surface area contributed by atoms with Crippen molar-refractivity contribution in [3.63, 3.8) is 0 Å². The molecule has 0 amide bonds. The van der Waals surface area contributed by atoms with Crippen molar-refractivity contribution in [2.45, 2.75) is 5.03 Å². The molecule has 2 N–H and O–H groups in total. The number of nitrogens with two attached hydrogens (primary N) is 1. The molecule has 3 nitrogen and oxygen atoms in total. The second kappa shape index (κ2) is 1.38. The summed E-state index contributed by atoms with van der Waals surface area (Å²) >= 11 is 4.55. The topological polar surface area (TPSA) is 52.0 Å². The van der Waals surface area contributed by atoms with Crippen LogP contribution in [0.2, 0.25) is 0 Å². The smallest absolute Gasteiger partial charge is 0.293 e. The van der Waals surface area contributed by atoms with Crippen molar-refractivity contribution in [2.24, 2.45) is 0 Å². The van der Waals surface area contributed by atoms with Gasteiger partial charge in [0.05, 0.1) is 0 Å². The van der Waals surface area contributed by atoms with Gasteiger partial charge >= 0.3 is 0 Å². The summed E-state index contributed by atoms with van der Waals surface area (Å²) in [5.41, 5.74) is 5.03. The van der Waals surface area contributed by atoms with Gasteiger partial charge in [-0.25, -0.2) is 0 Å². The Morgan fingerprint density at radius 1 is 1.86 bits per heavy atom. The van der Waals surface area contributed by atoms with Gasteiger partial charge in [-0.15, -0.1) is 0 Å². The summed E-state index contributed by atoms with van der Waals surface area (Å²) in [7, 11) is 0. The standard InChI is InChI=1S/C3H3N2OS/c4-3-5-2(7)1-6-3/h1H,(H2,4,5). The highest BCUT2D eigenvalue weighted by atomic mass is 32.1. The van der Waals surface area contributed by atoms with Gasteiger partial charge in [0.25, 0.3) is 6.01 Å². The summed E-state index contributed by atoms with van der Waals surface area (Å²) in [5, 5.41) is 0.400. The number of aromatic nitrogens is 1. The van der Waals surface area contributed by atoms with Crippen LogP contribution < -0.4 is 5.73 Å². The van der Waals surface area contributed by atoms with Crippen LogP contribution in [0.25, 0.3) is 0 Å². The number of nitrogens with zero attached hydrogens (tertiary/aromatic N) is 1. The molecular formula is C3H3N2OS. The Labute approximate surface area is 45.9 Å². The molecule has 0 saturated heterocycles. The van der Waals surface area contributed by atoms with E-state index in [4.69, 9.17) is 5.73 Å². The molecular weight excluding hydrogens is 112 g/mol. The number of hydrogen-bond acceptors (Lipinski definition) is 3. The van der Waals surface area contributed by atoms with Gasteiger partial charge in [-0.05, 0) is 0 Å². The van der Waals surface area contributed by atoms with E-state index in [-0.39, 0.29) is 6.01 Å². The van der Waals surface area contributed by atoms with Gasteiger partial charge in [-0.1, -0.05) is 12.6 Å². The molecule has 1 radical (unpaired) electrons. The maximum atomic E-state index is 5.03.